The van der Waals surface area contributed by atoms with E-state index in [1.54, 1.807) is 31.4 Å². The van der Waals surface area contributed by atoms with Crippen LogP contribution in [0.25, 0.3) is 6.08 Å². The van der Waals surface area contributed by atoms with Crippen LogP contribution in [0.1, 0.15) is 5.56 Å². The van der Waals surface area contributed by atoms with Crippen molar-refractivity contribution in [3.8, 4) is 11.5 Å². The summed E-state index contributed by atoms with van der Waals surface area (Å²) in [5, 5.41) is 8.81. The van der Waals surface area contributed by atoms with E-state index in [1.165, 1.54) is 0 Å². The van der Waals surface area contributed by atoms with Crippen molar-refractivity contribution in [3.63, 3.8) is 0 Å². The summed E-state index contributed by atoms with van der Waals surface area (Å²) in [6.07, 6.45) is 1.60. The highest BCUT2D eigenvalue weighted by Crippen LogP contribution is 2.35. The lowest BCUT2D eigenvalue weighted by Crippen LogP contribution is -2.14. The molecule has 0 amide bonds. The van der Waals surface area contributed by atoms with Gasteiger partial charge in [-0.05, 0) is 12.1 Å². The topological polar surface area (TPSA) is 55.8 Å². The Bertz CT molecular complexity index is 434. The molecule has 0 saturated carbocycles. The molecule has 4 heteroatoms. The number of carbonyl (C=O) groups is 1. The predicted molar refractivity (Wildman–Crippen MR) is 54.1 cm³/mol. The molecular formula is C11H10O4. The molecule has 1 aromatic rings. The molecule has 1 N–H and O–H groups in total. The number of aliphatic carboxylic acids is 1. The van der Waals surface area contributed by atoms with Crippen molar-refractivity contribution in [2.45, 2.75) is 0 Å². The number of para-hydroxylation sites is 1. The fourth-order valence-electron chi connectivity index (χ4n) is 1.46. The number of hydrogen-bond acceptors (Lipinski definition) is 3. The summed E-state index contributed by atoms with van der Waals surface area (Å²) < 4.78 is 10.5. The molecule has 0 radical (unpaired) electrons. The number of methoxy groups -OCH3 is 1. The van der Waals surface area contributed by atoms with Gasteiger partial charge in [0.1, 0.15) is 6.61 Å². The van der Waals surface area contributed by atoms with Gasteiger partial charge in [-0.1, -0.05) is 12.1 Å². The van der Waals surface area contributed by atoms with Gasteiger partial charge in [-0.15, -0.1) is 0 Å². The highest BCUT2D eigenvalue weighted by Gasteiger charge is 2.18. The van der Waals surface area contributed by atoms with E-state index < -0.39 is 5.97 Å². The molecule has 0 aromatic heterocycles. The zero-order valence-electron chi connectivity index (χ0n) is 8.19. The van der Waals surface area contributed by atoms with Crippen LogP contribution in [0.5, 0.6) is 11.5 Å². The number of ether oxygens (including phenoxy) is 2. The Labute approximate surface area is 86.7 Å². The lowest BCUT2D eigenvalue weighted by molar-refractivity contribution is -0.132. The average molecular weight is 206 g/mol. The summed E-state index contributed by atoms with van der Waals surface area (Å²) >= 11 is 0. The van der Waals surface area contributed by atoms with Gasteiger partial charge in [-0.25, -0.2) is 4.79 Å². The molecule has 4 nitrogen and oxygen atoms in total. The van der Waals surface area contributed by atoms with Gasteiger partial charge in [-0.2, -0.15) is 0 Å². The Balaban J connectivity index is 2.48. The highest BCUT2D eigenvalue weighted by molar-refractivity contribution is 5.94. The van der Waals surface area contributed by atoms with Gasteiger partial charge >= 0.3 is 5.97 Å². The van der Waals surface area contributed by atoms with Gasteiger partial charge < -0.3 is 14.6 Å². The molecule has 1 aromatic carbocycles. The van der Waals surface area contributed by atoms with Gasteiger partial charge in [0.2, 0.25) is 0 Å². The lowest BCUT2D eigenvalue weighted by Gasteiger charge is -2.17. The first-order valence-electron chi connectivity index (χ1n) is 4.46. The molecule has 0 spiro atoms. The van der Waals surface area contributed by atoms with Crippen molar-refractivity contribution >= 4 is 12.0 Å². The van der Waals surface area contributed by atoms with Crippen LogP contribution < -0.4 is 9.47 Å². The van der Waals surface area contributed by atoms with E-state index in [0.717, 1.165) is 5.56 Å². The largest absolute Gasteiger partial charge is 0.493 e. The van der Waals surface area contributed by atoms with Gasteiger partial charge in [0, 0.05) is 5.56 Å². The van der Waals surface area contributed by atoms with Crippen LogP contribution in [0, 0.1) is 0 Å². The first-order valence-corrected chi connectivity index (χ1v) is 4.46. The van der Waals surface area contributed by atoms with E-state index in [1.807, 2.05) is 0 Å². The maximum absolute atomic E-state index is 10.7. The smallest absolute Gasteiger partial charge is 0.335 e. The number of carboxylic acid groups (broad SMARTS) is 1. The molecule has 0 atom stereocenters. The van der Waals surface area contributed by atoms with Crippen molar-refractivity contribution in [2.24, 2.45) is 0 Å². The minimum Gasteiger partial charge on any atom is -0.493 e. The molecule has 1 aliphatic heterocycles. The van der Waals surface area contributed by atoms with E-state index in [2.05, 4.69) is 0 Å². The summed E-state index contributed by atoms with van der Waals surface area (Å²) in [5.74, 6) is 0.265. The van der Waals surface area contributed by atoms with Crippen LogP contribution in [0.15, 0.2) is 23.8 Å². The van der Waals surface area contributed by atoms with E-state index in [0.29, 0.717) is 11.5 Å². The van der Waals surface area contributed by atoms with Gasteiger partial charge in [0.05, 0.1) is 12.7 Å². The summed E-state index contributed by atoms with van der Waals surface area (Å²) in [6, 6.07) is 5.36. The molecule has 1 aliphatic rings. The third-order valence-electron chi connectivity index (χ3n) is 2.21. The van der Waals surface area contributed by atoms with Crippen LogP contribution in [0.3, 0.4) is 0 Å². The molecule has 1 heterocycles. The summed E-state index contributed by atoms with van der Waals surface area (Å²) in [5.41, 5.74) is 0.980. The molecule has 0 fully saturated rings. The minimum absolute atomic E-state index is 0.0721. The lowest BCUT2D eigenvalue weighted by atomic mass is 10.1. The average Bonchev–Trinajstić information content (AvgIpc) is 2.27. The first kappa shape index (κ1) is 9.58. The van der Waals surface area contributed by atoms with Crippen LogP contribution in [-0.4, -0.2) is 24.8 Å². The first-order chi connectivity index (χ1) is 7.22. The normalized spacial score (nSPS) is 13.5. The number of benzene rings is 1. The van der Waals surface area contributed by atoms with Crippen molar-refractivity contribution in [2.75, 3.05) is 13.7 Å². The third-order valence-corrected chi connectivity index (χ3v) is 2.21. The number of rotatable bonds is 2. The standard InChI is InChI=1S/C11H10O4/c1-14-9-4-2-3-7-5-8(11(12)13)6-15-10(7)9/h2-5H,6H2,1H3,(H,12,13). The summed E-state index contributed by atoms with van der Waals surface area (Å²) in [7, 11) is 1.55. The quantitative estimate of drug-likeness (QED) is 0.797. The Morgan fingerprint density at radius 2 is 2.33 bits per heavy atom. The van der Waals surface area contributed by atoms with Crippen LogP contribution in [0.2, 0.25) is 0 Å². The van der Waals surface area contributed by atoms with Crippen LogP contribution in [0.4, 0.5) is 0 Å². The fraction of sp³-hybridized carbons (Fsp3) is 0.182. The monoisotopic (exact) mass is 206 g/mol. The van der Waals surface area contributed by atoms with Crippen LogP contribution in [-0.2, 0) is 4.79 Å². The second kappa shape index (κ2) is 3.65. The number of fused-ring (bicyclic) bond motifs is 1. The molecule has 0 aliphatic carbocycles. The molecule has 0 bridgehead atoms. The van der Waals surface area contributed by atoms with Gasteiger partial charge in [0.15, 0.2) is 11.5 Å². The van der Waals surface area contributed by atoms with E-state index in [9.17, 15) is 4.79 Å². The van der Waals surface area contributed by atoms with E-state index in [-0.39, 0.29) is 12.2 Å². The Hall–Kier alpha value is -1.97. The SMILES string of the molecule is COc1cccc2c1OCC(C(=O)O)=C2. The van der Waals surface area contributed by atoms with Crippen molar-refractivity contribution < 1.29 is 19.4 Å². The zero-order valence-corrected chi connectivity index (χ0v) is 8.19. The third kappa shape index (κ3) is 1.66. The minimum atomic E-state index is -0.955. The molecule has 0 saturated heterocycles. The van der Waals surface area contributed by atoms with Crippen molar-refractivity contribution in [1.29, 1.82) is 0 Å². The zero-order chi connectivity index (χ0) is 10.8. The number of hydrogen-bond donors (Lipinski definition) is 1. The van der Waals surface area contributed by atoms with E-state index >= 15 is 0 Å². The van der Waals surface area contributed by atoms with Gasteiger partial charge in [0.25, 0.3) is 0 Å². The molecule has 2 rings (SSSR count). The Kier molecular flexibility index (Phi) is 2.33. The maximum Gasteiger partial charge on any atom is 0.335 e. The summed E-state index contributed by atoms with van der Waals surface area (Å²) in [4.78, 5) is 10.7. The second-order valence-electron chi connectivity index (χ2n) is 3.14. The van der Waals surface area contributed by atoms with Gasteiger partial charge in [-0.3, -0.25) is 0 Å². The molecule has 0 unspecified atom stereocenters. The molecule has 78 valence electrons. The predicted octanol–water partition coefficient (Wildman–Crippen LogP) is 1.56. The van der Waals surface area contributed by atoms with Crippen molar-refractivity contribution in [1.82, 2.24) is 0 Å². The number of carboxylic acids is 1. The summed E-state index contributed by atoms with van der Waals surface area (Å²) in [6.45, 7) is 0.0721. The van der Waals surface area contributed by atoms with Crippen molar-refractivity contribution in [3.05, 3.63) is 29.3 Å². The fourth-order valence-corrected chi connectivity index (χ4v) is 1.46. The Morgan fingerprint density at radius 3 is 3.00 bits per heavy atom. The maximum atomic E-state index is 10.7. The Morgan fingerprint density at radius 1 is 1.53 bits per heavy atom. The highest BCUT2D eigenvalue weighted by atomic mass is 16.5. The second-order valence-corrected chi connectivity index (χ2v) is 3.14. The molecular weight excluding hydrogens is 196 g/mol. The van der Waals surface area contributed by atoms with E-state index in [4.69, 9.17) is 14.6 Å². The molecule has 15 heavy (non-hydrogen) atoms. The van der Waals surface area contributed by atoms with Crippen LogP contribution >= 0.6 is 0 Å².